The van der Waals surface area contributed by atoms with E-state index in [9.17, 15) is 9.59 Å². The van der Waals surface area contributed by atoms with Crippen LogP contribution >= 0.6 is 15.9 Å². The van der Waals surface area contributed by atoms with E-state index in [1.54, 1.807) is 26.0 Å². The summed E-state index contributed by atoms with van der Waals surface area (Å²) in [6.45, 7) is 5.91. The van der Waals surface area contributed by atoms with Gasteiger partial charge in [-0.1, -0.05) is 35.3 Å². The summed E-state index contributed by atoms with van der Waals surface area (Å²) in [5.41, 5.74) is -0.436. The Bertz CT molecular complexity index is 487. The molecule has 0 aliphatic heterocycles. The molecule has 0 aliphatic carbocycles. The van der Waals surface area contributed by atoms with Gasteiger partial charge in [0.1, 0.15) is 5.41 Å². The van der Waals surface area contributed by atoms with Crippen LogP contribution in [-0.2, 0) is 9.59 Å². The summed E-state index contributed by atoms with van der Waals surface area (Å²) in [5.74, 6) is -0.567. The monoisotopic (exact) mass is 340 g/mol. The van der Waals surface area contributed by atoms with E-state index >= 15 is 0 Å². The fourth-order valence-corrected chi connectivity index (χ4v) is 1.96. The molecule has 110 valence electrons. The van der Waals surface area contributed by atoms with Gasteiger partial charge in [-0.05, 0) is 38.5 Å². The van der Waals surface area contributed by atoms with Gasteiger partial charge in [0, 0.05) is 16.7 Å². The van der Waals surface area contributed by atoms with E-state index < -0.39 is 5.41 Å². The lowest BCUT2D eigenvalue weighted by molar-refractivity contribution is -0.138. The van der Waals surface area contributed by atoms with Gasteiger partial charge in [0.15, 0.2) is 0 Å². The van der Waals surface area contributed by atoms with E-state index in [0.29, 0.717) is 12.2 Å². The van der Waals surface area contributed by atoms with E-state index in [1.165, 1.54) is 0 Å². The number of carbonyl (C=O) groups excluding carboxylic acids is 2. The molecule has 0 aromatic heterocycles. The van der Waals surface area contributed by atoms with Gasteiger partial charge in [-0.3, -0.25) is 9.59 Å². The number of anilines is 1. The summed E-state index contributed by atoms with van der Waals surface area (Å²) in [6.07, 6.45) is 1.92. The number of hydrogen-bond donors (Lipinski definition) is 2. The van der Waals surface area contributed by atoms with Gasteiger partial charge < -0.3 is 10.6 Å². The van der Waals surface area contributed by atoms with Crippen LogP contribution in [0.2, 0.25) is 0 Å². The minimum absolute atomic E-state index is 0.251. The first-order valence-corrected chi connectivity index (χ1v) is 7.52. The predicted molar refractivity (Wildman–Crippen MR) is 84.5 cm³/mol. The summed E-state index contributed by atoms with van der Waals surface area (Å²) < 4.78 is 0.875. The molecule has 1 aromatic carbocycles. The Kier molecular flexibility index (Phi) is 6.20. The molecule has 0 saturated heterocycles. The van der Waals surface area contributed by atoms with Gasteiger partial charge >= 0.3 is 0 Å². The van der Waals surface area contributed by atoms with Gasteiger partial charge in [-0.15, -0.1) is 0 Å². The summed E-state index contributed by atoms with van der Waals surface area (Å²) >= 11 is 3.34. The lowest BCUT2D eigenvalue weighted by Gasteiger charge is -2.22. The quantitative estimate of drug-likeness (QED) is 0.616. The molecule has 1 aromatic rings. The summed E-state index contributed by atoms with van der Waals surface area (Å²) in [7, 11) is 0. The third-order valence-corrected chi connectivity index (χ3v) is 3.53. The number of nitrogens with one attached hydrogen (secondary N) is 2. The maximum atomic E-state index is 12.2. The predicted octanol–water partition coefficient (Wildman–Crippen LogP) is 3.33. The molecule has 5 heteroatoms. The zero-order valence-corrected chi connectivity index (χ0v) is 13.7. The van der Waals surface area contributed by atoms with Crippen LogP contribution in [0.15, 0.2) is 28.7 Å². The third kappa shape index (κ3) is 4.63. The number of unbranched alkanes of at least 4 members (excludes halogenated alkanes) is 1. The smallest absolute Gasteiger partial charge is 0.239 e. The largest absolute Gasteiger partial charge is 0.355 e. The Morgan fingerprint density at radius 2 is 1.95 bits per heavy atom. The molecular weight excluding hydrogens is 320 g/mol. The normalized spacial score (nSPS) is 11.0. The van der Waals surface area contributed by atoms with Crippen molar-refractivity contribution >= 4 is 33.4 Å². The van der Waals surface area contributed by atoms with Crippen LogP contribution in [0.5, 0.6) is 0 Å². The van der Waals surface area contributed by atoms with Crippen molar-refractivity contribution in [2.75, 3.05) is 11.9 Å². The van der Waals surface area contributed by atoms with Crippen LogP contribution in [0.25, 0.3) is 0 Å². The highest BCUT2D eigenvalue weighted by Crippen LogP contribution is 2.21. The summed E-state index contributed by atoms with van der Waals surface area (Å²) in [6, 6.07) is 7.28. The first-order chi connectivity index (χ1) is 9.37. The lowest BCUT2D eigenvalue weighted by Crippen LogP contribution is -2.45. The topological polar surface area (TPSA) is 58.2 Å². The van der Waals surface area contributed by atoms with Crippen molar-refractivity contribution in [3.8, 4) is 0 Å². The third-order valence-electron chi connectivity index (χ3n) is 3.03. The molecule has 0 atom stereocenters. The van der Waals surface area contributed by atoms with Crippen molar-refractivity contribution in [3.63, 3.8) is 0 Å². The lowest BCUT2D eigenvalue weighted by atomic mass is 9.91. The average molecular weight is 341 g/mol. The van der Waals surface area contributed by atoms with E-state index in [0.717, 1.165) is 17.3 Å². The SMILES string of the molecule is CCCCNC(=O)C(C)(C)C(=O)Nc1cccc(Br)c1. The second-order valence-corrected chi connectivity index (χ2v) is 6.11. The van der Waals surface area contributed by atoms with Gasteiger partial charge in [0.05, 0.1) is 0 Å². The van der Waals surface area contributed by atoms with E-state index in [-0.39, 0.29) is 11.8 Å². The highest BCUT2D eigenvalue weighted by Gasteiger charge is 2.35. The van der Waals surface area contributed by atoms with Crippen LogP contribution < -0.4 is 10.6 Å². The second kappa shape index (κ2) is 7.43. The number of amides is 2. The molecule has 2 N–H and O–H groups in total. The molecule has 0 saturated carbocycles. The first-order valence-electron chi connectivity index (χ1n) is 6.73. The molecule has 0 heterocycles. The highest BCUT2D eigenvalue weighted by molar-refractivity contribution is 9.10. The number of halogens is 1. The molecule has 0 aliphatic rings. The maximum absolute atomic E-state index is 12.2. The molecular formula is C15H21BrN2O2. The molecule has 0 bridgehead atoms. The minimum atomic E-state index is -1.10. The molecule has 0 unspecified atom stereocenters. The zero-order valence-electron chi connectivity index (χ0n) is 12.1. The molecule has 2 amide bonds. The summed E-state index contributed by atoms with van der Waals surface area (Å²) in [4.78, 5) is 24.3. The Balaban J connectivity index is 2.66. The van der Waals surface area contributed by atoms with Gasteiger partial charge in [0.25, 0.3) is 0 Å². The number of hydrogen-bond acceptors (Lipinski definition) is 2. The second-order valence-electron chi connectivity index (χ2n) is 5.20. The van der Waals surface area contributed by atoms with Crippen LogP contribution in [0, 0.1) is 5.41 Å². The molecule has 4 nitrogen and oxygen atoms in total. The maximum Gasteiger partial charge on any atom is 0.239 e. The zero-order chi connectivity index (χ0) is 15.2. The molecule has 0 radical (unpaired) electrons. The fraction of sp³-hybridized carbons (Fsp3) is 0.467. The van der Waals surface area contributed by atoms with Crippen LogP contribution in [-0.4, -0.2) is 18.4 Å². The Morgan fingerprint density at radius 3 is 2.55 bits per heavy atom. The number of rotatable bonds is 6. The van der Waals surface area contributed by atoms with E-state index in [1.807, 2.05) is 12.1 Å². The van der Waals surface area contributed by atoms with Crippen molar-refractivity contribution < 1.29 is 9.59 Å². The van der Waals surface area contributed by atoms with Gasteiger partial charge in [-0.2, -0.15) is 0 Å². The summed E-state index contributed by atoms with van der Waals surface area (Å²) in [5, 5.41) is 5.56. The molecule has 20 heavy (non-hydrogen) atoms. The molecule has 0 fully saturated rings. The minimum Gasteiger partial charge on any atom is -0.355 e. The van der Waals surface area contributed by atoms with Crippen LogP contribution in [0.1, 0.15) is 33.6 Å². The first kappa shape index (κ1) is 16.7. The number of benzene rings is 1. The Labute approximate surface area is 128 Å². The van der Waals surface area contributed by atoms with Crippen LogP contribution in [0.4, 0.5) is 5.69 Å². The van der Waals surface area contributed by atoms with Crippen molar-refractivity contribution in [2.45, 2.75) is 33.6 Å². The highest BCUT2D eigenvalue weighted by atomic mass is 79.9. The van der Waals surface area contributed by atoms with Crippen molar-refractivity contribution in [2.24, 2.45) is 5.41 Å². The molecule has 0 spiro atoms. The average Bonchev–Trinajstić information content (AvgIpc) is 2.38. The van der Waals surface area contributed by atoms with Crippen molar-refractivity contribution in [1.29, 1.82) is 0 Å². The molecule has 1 rings (SSSR count). The van der Waals surface area contributed by atoms with Gasteiger partial charge in [-0.25, -0.2) is 0 Å². The van der Waals surface area contributed by atoms with Crippen molar-refractivity contribution in [3.05, 3.63) is 28.7 Å². The van der Waals surface area contributed by atoms with Crippen LogP contribution in [0.3, 0.4) is 0 Å². The van der Waals surface area contributed by atoms with E-state index in [2.05, 4.69) is 33.5 Å². The van der Waals surface area contributed by atoms with Crippen molar-refractivity contribution in [1.82, 2.24) is 5.32 Å². The van der Waals surface area contributed by atoms with Gasteiger partial charge in [0.2, 0.25) is 11.8 Å². The standard InChI is InChI=1S/C15H21BrN2O2/c1-4-5-9-17-13(19)15(2,3)14(20)18-12-8-6-7-11(16)10-12/h6-8,10H,4-5,9H2,1-3H3,(H,17,19)(H,18,20). The Morgan fingerprint density at radius 1 is 1.25 bits per heavy atom. The Hall–Kier alpha value is -1.36. The number of carbonyl (C=O) groups is 2. The fourth-order valence-electron chi connectivity index (χ4n) is 1.56. The van der Waals surface area contributed by atoms with E-state index in [4.69, 9.17) is 0 Å².